The van der Waals surface area contributed by atoms with Gasteiger partial charge in [-0.25, -0.2) is 8.42 Å². The molecule has 8 heteroatoms. The number of nitrogens with two attached hydrogens (primary N) is 1. The zero-order chi connectivity index (χ0) is 19.6. The van der Waals surface area contributed by atoms with Gasteiger partial charge >= 0.3 is 0 Å². The molecule has 2 N–H and O–H groups in total. The zero-order valence-corrected chi connectivity index (χ0v) is 18.3. The van der Waals surface area contributed by atoms with Crippen molar-refractivity contribution in [1.29, 1.82) is 0 Å². The molecule has 28 heavy (non-hydrogen) atoms. The molecule has 6 nitrogen and oxygen atoms in total. The fraction of sp³-hybridized carbons (Fsp3) is 0.650. The van der Waals surface area contributed by atoms with E-state index in [9.17, 15) is 13.2 Å². The van der Waals surface area contributed by atoms with E-state index in [0.717, 1.165) is 32.1 Å². The molecule has 0 aliphatic carbocycles. The Hall–Kier alpha value is -1.15. The Kier molecular flexibility index (Phi) is 7.90. The number of carbonyl (C=O) groups is 1. The highest BCUT2D eigenvalue weighted by atomic mass is 35.5. The first-order valence-electron chi connectivity index (χ1n) is 9.97. The van der Waals surface area contributed by atoms with Gasteiger partial charge in [-0.15, -0.1) is 12.4 Å². The van der Waals surface area contributed by atoms with E-state index in [-0.39, 0.29) is 35.3 Å². The normalized spacial score (nSPS) is 23.1. The van der Waals surface area contributed by atoms with E-state index in [0.29, 0.717) is 31.1 Å². The van der Waals surface area contributed by atoms with Gasteiger partial charge in [0.2, 0.25) is 10.0 Å². The molecule has 0 saturated carbocycles. The van der Waals surface area contributed by atoms with Crippen LogP contribution in [0.3, 0.4) is 0 Å². The predicted molar refractivity (Wildman–Crippen MR) is 113 cm³/mol. The Morgan fingerprint density at radius 2 is 1.82 bits per heavy atom. The highest BCUT2D eigenvalue weighted by molar-refractivity contribution is 7.89. The molecule has 2 saturated heterocycles. The minimum Gasteiger partial charge on any atom is -0.339 e. The van der Waals surface area contributed by atoms with E-state index < -0.39 is 10.0 Å². The molecule has 0 radical (unpaired) electrons. The SMILES string of the molecule is CC(N)C1CCN(C(=O)c2cccc(S(=O)(=O)N3CCCCC3C)c2)CC1.Cl. The van der Waals surface area contributed by atoms with E-state index in [1.54, 1.807) is 22.5 Å². The predicted octanol–water partition coefficient (Wildman–Crippen LogP) is 2.87. The lowest BCUT2D eigenvalue weighted by molar-refractivity contribution is 0.0680. The van der Waals surface area contributed by atoms with E-state index in [4.69, 9.17) is 5.73 Å². The number of hydrogen-bond donors (Lipinski definition) is 1. The van der Waals surface area contributed by atoms with Gasteiger partial charge in [0, 0.05) is 37.3 Å². The van der Waals surface area contributed by atoms with Crippen molar-refractivity contribution >= 4 is 28.3 Å². The third kappa shape index (κ3) is 4.87. The number of benzene rings is 1. The highest BCUT2D eigenvalue weighted by Gasteiger charge is 2.32. The topological polar surface area (TPSA) is 83.7 Å². The minimum atomic E-state index is -3.57. The van der Waals surface area contributed by atoms with Crippen LogP contribution in [0.25, 0.3) is 0 Å². The summed E-state index contributed by atoms with van der Waals surface area (Å²) in [5.41, 5.74) is 6.42. The molecule has 1 aromatic rings. The summed E-state index contributed by atoms with van der Waals surface area (Å²) in [6, 6.07) is 6.65. The summed E-state index contributed by atoms with van der Waals surface area (Å²) in [6.07, 6.45) is 4.62. The lowest BCUT2D eigenvalue weighted by Crippen LogP contribution is -2.43. The second-order valence-electron chi connectivity index (χ2n) is 7.98. The van der Waals surface area contributed by atoms with Crippen molar-refractivity contribution in [2.75, 3.05) is 19.6 Å². The summed E-state index contributed by atoms with van der Waals surface area (Å²) < 4.78 is 27.7. The van der Waals surface area contributed by atoms with Crippen LogP contribution >= 0.6 is 12.4 Å². The average molecular weight is 430 g/mol. The maximum Gasteiger partial charge on any atom is 0.253 e. The van der Waals surface area contributed by atoms with Crippen LogP contribution in [0.2, 0.25) is 0 Å². The van der Waals surface area contributed by atoms with Gasteiger partial charge in [-0.3, -0.25) is 4.79 Å². The molecule has 2 fully saturated rings. The fourth-order valence-corrected chi connectivity index (χ4v) is 5.91. The smallest absolute Gasteiger partial charge is 0.253 e. The van der Waals surface area contributed by atoms with Crippen molar-refractivity contribution in [1.82, 2.24) is 9.21 Å². The van der Waals surface area contributed by atoms with Crippen LogP contribution in [0.5, 0.6) is 0 Å². The van der Waals surface area contributed by atoms with Crippen molar-refractivity contribution in [3.63, 3.8) is 0 Å². The molecule has 0 bridgehead atoms. The molecule has 0 spiro atoms. The van der Waals surface area contributed by atoms with Crippen molar-refractivity contribution in [3.05, 3.63) is 29.8 Å². The number of rotatable bonds is 4. The number of hydrogen-bond acceptors (Lipinski definition) is 4. The summed E-state index contributed by atoms with van der Waals surface area (Å²) in [6.45, 7) is 5.86. The number of piperidine rings is 2. The standard InChI is InChI=1S/C20H31N3O3S.ClH/c1-15-6-3-4-11-23(15)27(25,26)19-8-5-7-18(14-19)20(24)22-12-9-17(10-13-22)16(2)21;/h5,7-8,14-17H,3-4,6,9-13,21H2,1-2H3;1H. The average Bonchev–Trinajstić information content (AvgIpc) is 2.68. The van der Waals surface area contributed by atoms with Crippen LogP contribution in [0.15, 0.2) is 29.2 Å². The van der Waals surface area contributed by atoms with Crippen LogP contribution in [0.1, 0.15) is 56.3 Å². The number of nitrogens with zero attached hydrogens (tertiary/aromatic N) is 2. The van der Waals surface area contributed by atoms with Crippen molar-refractivity contribution in [3.8, 4) is 0 Å². The van der Waals surface area contributed by atoms with Crippen LogP contribution in [-0.4, -0.2) is 55.2 Å². The summed E-state index contributed by atoms with van der Waals surface area (Å²) >= 11 is 0. The van der Waals surface area contributed by atoms with Gasteiger partial charge in [-0.05, 0) is 63.6 Å². The third-order valence-corrected chi connectivity index (χ3v) is 8.01. The van der Waals surface area contributed by atoms with Crippen molar-refractivity contribution in [2.45, 2.75) is 62.9 Å². The van der Waals surface area contributed by atoms with Crippen molar-refractivity contribution in [2.24, 2.45) is 11.7 Å². The summed E-state index contributed by atoms with van der Waals surface area (Å²) in [5.74, 6) is 0.350. The minimum absolute atomic E-state index is 0. The van der Waals surface area contributed by atoms with E-state index in [1.807, 2.05) is 18.7 Å². The first kappa shape index (κ1) is 23.1. The molecule has 0 aromatic heterocycles. The zero-order valence-electron chi connectivity index (χ0n) is 16.7. The number of carbonyl (C=O) groups excluding carboxylic acids is 1. The Morgan fingerprint density at radius 1 is 1.14 bits per heavy atom. The quantitative estimate of drug-likeness (QED) is 0.797. The molecule has 2 heterocycles. The lowest BCUT2D eigenvalue weighted by Gasteiger charge is -2.34. The summed E-state index contributed by atoms with van der Waals surface area (Å²) in [4.78, 5) is 14.9. The number of likely N-dealkylation sites (tertiary alicyclic amines) is 1. The Labute approximate surface area is 174 Å². The molecule has 2 unspecified atom stereocenters. The summed E-state index contributed by atoms with van der Waals surface area (Å²) in [5, 5.41) is 0. The van der Waals surface area contributed by atoms with Gasteiger partial charge in [-0.1, -0.05) is 12.5 Å². The monoisotopic (exact) mass is 429 g/mol. The Balaban J connectivity index is 0.00000280. The van der Waals surface area contributed by atoms with Gasteiger partial charge in [0.15, 0.2) is 0 Å². The van der Waals surface area contributed by atoms with Gasteiger partial charge in [0.05, 0.1) is 4.90 Å². The van der Waals surface area contributed by atoms with E-state index in [2.05, 4.69) is 0 Å². The van der Waals surface area contributed by atoms with Gasteiger partial charge in [0.25, 0.3) is 5.91 Å². The Morgan fingerprint density at radius 3 is 2.43 bits per heavy atom. The molecule has 158 valence electrons. The molecule has 2 aliphatic heterocycles. The van der Waals surface area contributed by atoms with Crippen molar-refractivity contribution < 1.29 is 13.2 Å². The first-order chi connectivity index (χ1) is 12.8. The van der Waals surface area contributed by atoms with E-state index in [1.165, 1.54) is 6.07 Å². The third-order valence-electron chi connectivity index (χ3n) is 6.00. The maximum absolute atomic E-state index is 13.1. The number of amides is 1. The number of halogens is 1. The first-order valence-corrected chi connectivity index (χ1v) is 11.4. The van der Waals surface area contributed by atoms with Crippen LogP contribution in [0.4, 0.5) is 0 Å². The van der Waals surface area contributed by atoms with Gasteiger partial charge in [-0.2, -0.15) is 4.31 Å². The molecular weight excluding hydrogens is 398 g/mol. The molecule has 1 amide bonds. The summed E-state index contributed by atoms with van der Waals surface area (Å²) in [7, 11) is -3.57. The maximum atomic E-state index is 13.1. The molecule has 2 atom stereocenters. The van der Waals surface area contributed by atoms with E-state index >= 15 is 0 Å². The second kappa shape index (κ2) is 9.57. The molecule has 2 aliphatic rings. The molecule has 3 rings (SSSR count). The Bertz CT molecular complexity index is 777. The lowest BCUT2D eigenvalue weighted by atomic mass is 9.90. The van der Waals surface area contributed by atoms with Crippen LogP contribution in [-0.2, 0) is 10.0 Å². The highest BCUT2D eigenvalue weighted by Crippen LogP contribution is 2.26. The second-order valence-corrected chi connectivity index (χ2v) is 9.87. The molecular formula is C20H32ClN3O3S. The van der Waals surface area contributed by atoms with Gasteiger partial charge in [0.1, 0.15) is 0 Å². The largest absolute Gasteiger partial charge is 0.339 e. The van der Waals surface area contributed by atoms with Gasteiger partial charge < -0.3 is 10.6 Å². The fourth-order valence-electron chi connectivity index (χ4n) is 4.16. The number of sulfonamides is 1. The van der Waals surface area contributed by atoms with Crippen LogP contribution in [0, 0.1) is 5.92 Å². The molecule has 1 aromatic carbocycles. The van der Waals surface area contributed by atoms with Crippen LogP contribution < -0.4 is 5.73 Å².